The highest BCUT2D eigenvalue weighted by Gasteiger charge is 2.42. The third kappa shape index (κ3) is 3.46. The molecule has 0 spiro atoms. The number of hydrogen-bond acceptors (Lipinski definition) is 3. The van der Waals surface area contributed by atoms with Crippen LogP contribution < -0.4 is 9.86 Å². The molecule has 0 radical (unpaired) electrons. The first kappa shape index (κ1) is 15.0. The number of allylic oxidation sites excluding steroid dienone is 2. The molecule has 1 heterocycles. The number of carbonyl (C=O) groups is 1. The maximum atomic E-state index is 12.7. The molecule has 1 saturated carbocycles. The lowest BCUT2D eigenvalue weighted by molar-refractivity contribution is -0.138. The van der Waals surface area contributed by atoms with Crippen LogP contribution in [0, 0.1) is 23.7 Å². The molecule has 3 N–H and O–H groups in total. The first-order chi connectivity index (χ1) is 9.92. The Morgan fingerprint density at radius 3 is 2.76 bits per heavy atom. The number of nitrogens with one attached hydrogen (secondary N) is 1. The highest BCUT2D eigenvalue weighted by Crippen LogP contribution is 2.44. The van der Waals surface area contributed by atoms with Gasteiger partial charge in [-0.05, 0) is 43.4 Å². The van der Waals surface area contributed by atoms with Crippen molar-refractivity contribution in [3.05, 3.63) is 12.2 Å². The zero-order valence-corrected chi connectivity index (χ0v) is 12.9. The average molecular weight is 313 g/mol. The summed E-state index contributed by atoms with van der Waals surface area (Å²) >= 11 is 0. The molecule has 0 aromatic rings. The minimum absolute atomic E-state index is 0.143. The summed E-state index contributed by atoms with van der Waals surface area (Å²) < 4.78 is 24.3. The molecule has 7 heteroatoms. The van der Waals surface area contributed by atoms with E-state index in [9.17, 15) is 13.2 Å². The minimum atomic E-state index is -3.65. The number of rotatable bonds is 4. The van der Waals surface area contributed by atoms with Gasteiger partial charge in [0.15, 0.2) is 0 Å². The minimum Gasteiger partial charge on any atom is -0.342 e. The van der Waals surface area contributed by atoms with Crippen molar-refractivity contribution in [2.24, 2.45) is 28.8 Å². The average Bonchev–Trinajstić information content (AvgIpc) is 3.06. The van der Waals surface area contributed by atoms with Crippen molar-refractivity contribution in [2.75, 3.05) is 19.6 Å². The van der Waals surface area contributed by atoms with Crippen molar-refractivity contribution >= 4 is 16.1 Å². The van der Waals surface area contributed by atoms with E-state index in [-0.39, 0.29) is 17.7 Å². The Kier molecular flexibility index (Phi) is 4.07. The molecule has 4 unspecified atom stereocenters. The molecule has 1 saturated heterocycles. The van der Waals surface area contributed by atoms with Gasteiger partial charge in [0.25, 0.3) is 10.2 Å². The van der Waals surface area contributed by atoms with E-state index in [1.54, 1.807) is 0 Å². The van der Waals surface area contributed by atoms with Crippen LogP contribution in [0.25, 0.3) is 0 Å². The van der Waals surface area contributed by atoms with Gasteiger partial charge in [-0.2, -0.15) is 8.42 Å². The van der Waals surface area contributed by atoms with Crippen molar-refractivity contribution < 1.29 is 13.2 Å². The number of piperidine rings is 1. The fourth-order valence-electron chi connectivity index (χ4n) is 3.97. The van der Waals surface area contributed by atoms with Crippen molar-refractivity contribution in [2.45, 2.75) is 25.7 Å². The van der Waals surface area contributed by atoms with Crippen molar-refractivity contribution in [3.8, 4) is 0 Å². The van der Waals surface area contributed by atoms with E-state index in [1.165, 1.54) is 0 Å². The lowest BCUT2D eigenvalue weighted by Gasteiger charge is -2.35. The van der Waals surface area contributed by atoms with Crippen LogP contribution in [0.3, 0.4) is 0 Å². The second kappa shape index (κ2) is 5.70. The summed E-state index contributed by atoms with van der Waals surface area (Å²) in [6, 6.07) is 0. The fraction of sp³-hybridized carbons (Fsp3) is 0.786. The predicted octanol–water partition coefficient (Wildman–Crippen LogP) is 0.230. The molecule has 0 aromatic heterocycles. The lowest BCUT2D eigenvalue weighted by Crippen LogP contribution is -2.47. The molecular formula is C14H23N3O3S. The van der Waals surface area contributed by atoms with Crippen LogP contribution in [-0.2, 0) is 15.0 Å². The topological polar surface area (TPSA) is 92.5 Å². The predicted molar refractivity (Wildman–Crippen MR) is 79.3 cm³/mol. The summed E-state index contributed by atoms with van der Waals surface area (Å²) in [4.78, 5) is 14.6. The van der Waals surface area contributed by atoms with E-state index in [2.05, 4.69) is 16.9 Å². The molecule has 4 atom stereocenters. The van der Waals surface area contributed by atoms with E-state index < -0.39 is 10.2 Å². The Morgan fingerprint density at radius 1 is 1.33 bits per heavy atom. The van der Waals surface area contributed by atoms with Crippen LogP contribution in [0.5, 0.6) is 0 Å². The summed E-state index contributed by atoms with van der Waals surface area (Å²) in [5.74, 6) is 1.58. The quantitative estimate of drug-likeness (QED) is 0.728. The second-order valence-electron chi connectivity index (χ2n) is 6.57. The number of fused-ring (bicyclic) bond motifs is 2. The Labute approximate surface area is 125 Å². The summed E-state index contributed by atoms with van der Waals surface area (Å²) in [7, 11) is -3.65. The van der Waals surface area contributed by atoms with E-state index in [0.717, 1.165) is 32.2 Å². The first-order valence-electron chi connectivity index (χ1n) is 7.67. The van der Waals surface area contributed by atoms with Gasteiger partial charge in [-0.1, -0.05) is 12.2 Å². The molecule has 2 aliphatic carbocycles. The number of likely N-dealkylation sites (tertiary alicyclic amines) is 1. The Hall–Kier alpha value is -0.920. The highest BCUT2D eigenvalue weighted by molar-refractivity contribution is 7.87. The monoisotopic (exact) mass is 313 g/mol. The van der Waals surface area contributed by atoms with Gasteiger partial charge in [0.1, 0.15) is 0 Å². The van der Waals surface area contributed by atoms with E-state index >= 15 is 0 Å². The molecule has 118 valence electrons. The van der Waals surface area contributed by atoms with Crippen LogP contribution in [-0.4, -0.2) is 38.9 Å². The highest BCUT2D eigenvalue weighted by atomic mass is 32.2. The summed E-state index contributed by atoms with van der Waals surface area (Å²) in [6.45, 7) is 1.75. The molecule has 6 nitrogen and oxygen atoms in total. The standard InChI is InChI=1S/C14H23N3O3S/c15-21(19,20)16-8-11-2-1-5-17(9-11)14(18)13-7-10-3-4-12(13)6-10/h3-4,10-13,16H,1-2,5-9H2,(H2,15,19,20). The molecule has 1 aliphatic heterocycles. The maximum absolute atomic E-state index is 12.7. The Balaban J connectivity index is 1.56. The fourth-order valence-corrected chi connectivity index (χ4v) is 4.43. The van der Waals surface area contributed by atoms with Gasteiger partial charge in [0, 0.05) is 25.6 Å². The van der Waals surface area contributed by atoms with Crippen LogP contribution in [0.15, 0.2) is 12.2 Å². The number of carbonyl (C=O) groups excluding carboxylic acids is 1. The normalized spacial score (nSPS) is 35.4. The summed E-state index contributed by atoms with van der Waals surface area (Å²) in [6.07, 6.45) is 8.41. The molecule has 2 bridgehead atoms. The van der Waals surface area contributed by atoms with Crippen LogP contribution >= 0.6 is 0 Å². The van der Waals surface area contributed by atoms with Gasteiger partial charge < -0.3 is 4.90 Å². The molecule has 1 amide bonds. The zero-order valence-electron chi connectivity index (χ0n) is 12.1. The molecule has 3 rings (SSSR count). The number of nitrogens with two attached hydrogens (primary N) is 1. The van der Waals surface area contributed by atoms with Gasteiger partial charge in [-0.3, -0.25) is 4.79 Å². The van der Waals surface area contributed by atoms with Crippen LogP contribution in [0.1, 0.15) is 25.7 Å². The molecular weight excluding hydrogens is 290 g/mol. The zero-order chi connectivity index (χ0) is 15.0. The molecule has 0 aromatic carbocycles. The molecule has 21 heavy (non-hydrogen) atoms. The third-order valence-corrected chi connectivity index (χ3v) is 5.57. The van der Waals surface area contributed by atoms with E-state index in [4.69, 9.17) is 5.14 Å². The Morgan fingerprint density at radius 2 is 2.14 bits per heavy atom. The van der Waals surface area contributed by atoms with E-state index in [1.807, 2.05) is 4.90 Å². The maximum Gasteiger partial charge on any atom is 0.274 e. The van der Waals surface area contributed by atoms with Gasteiger partial charge in [0.2, 0.25) is 5.91 Å². The largest absolute Gasteiger partial charge is 0.342 e. The van der Waals surface area contributed by atoms with Gasteiger partial charge in [-0.25, -0.2) is 9.86 Å². The van der Waals surface area contributed by atoms with E-state index in [0.29, 0.717) is 24.9 Å². The van der Waals surface area contributed by atoms with Gasteiger partial charge in [-0.15, -0.1) is 0 Å². The smallest absolute Gasteiger partial charge is 0.274 e. The molecule has 2 fully saturated rings. The number of nitrogens with zero attached hydrogens (tertiary/aromatic N) is 1. The first-order valence-corrected chi connectivity index (χ1v) is 9.21. The number of hydrogen-bond donors (Lipinski definition) is 2. The van der Waals surface area contributed by atoms with Crippen LogP contribution in [0.4, 0.5) is 0 Å². The van der Waals surface area contributed by atoms with Crippen molar-refractivity contribution in [1.82, 2.24) is 9.62 Å². The lowest BCUT2D eigenvalue weighted by atomic mass is 9.90. The van der Waals surface area contributed by atoms with Crippen LogP contribution in [0.2, 0.25) is 0 Å². The Bertz CT molecular complexity index is 546. The summed E-state index contributed by atoms with van der Waals surface area (Å²) in [5, 5.41) is 4.96. The van der Waals surface area contributed by atoms with Gasteiger partial charge >= 0.3 is 0 Å². The SMILES string of the molecule is NS(=O)(=O)NCC1CCCN(C(=O)C2CC3C=CC2C3)C1. The third-order valence-electron chi connectivity index (χ3n) is 5.00. The second-order valence-corrected chi connectivity index (χ2v) is 7.95. The summed E-state index contributed by atoms with van der Waals surface area (Å²) in [5.41, 5.74) is 0. The molecule has 3 aliphatic rings. The number of amides is 1. The van der Waals surface area contributed by atoms with Crippen molar-refractivity contribution in [3.63, 3.8) is 0 Å². The van der Waals surface area contributed by atoms with Crippen molar-refractivity contribution in [1.29, 1.82) is 0 Å². The van der Waals surface area contributed by atoms with Gasteiger partial charge in [0.05, 0.1) is 0 Å².